The van der Waals surface area contributed by atoms with Crippen LogP contribution in [0.25, 0.3) is 33.5 Å². The van der Waals surface area contributed by atoms with Crippen molar-refractivity contribution < 1.29 is 17.6 Å². The zero-order valence-corrected chi connectivity index (χ0v) is 16.3. The summed E-state index contributed by atoms with van der Waals surface area (Å²) in [5.74, 6) is 1.03. The Kier molecular flexibility index (Phi) is 4.39. The predicted molar refractivity (Wildman–Crippen MR) is 109 cm³/mol. The van der Waals surface area contributed by atoms with E-state index in [1.54, 1.807) is 0 Å². The van der Waals surface area contributed by atoms with Crippen LogP contribution < -0.4 is 4.90 Å². The van der Waals surface area contributed by atoms with Crippen molar-refractivity contribution in [3.8, 4) is 11.5 Å². The van der Waals surface area contributed by atoms with Gasteiger partial charge in [0.1, 0.15) is 0 Å². The van der Waals surface area contributed by atoms with E-state index in [4.69, 9.17) is 9.40 Å². The van der Waals surface area contributed by atoms with Gasteiger partial charge in [-0.1, -0.05) is 12.1 Å². The fourth-order valence-corrected chi connectivity index (χ4v) is 3.75. The third-order valence-corrected chi connectivity index (χ3v) is 5.48. The summed E-state index contributed by atoms with van der Waals surface area (Å²) in [6.07, 6.45) is -4.38. The number of halogens is 3. The van der Waals surface area contributed by atoms with Gasteiger partial charge in [-0.3, -0.25) is 0 Å². The molecule has 4 aromatic rings. The normalized spacial score (nSPS) is 15.9. The van der Waals surface area contributed by atoms with Gasteiger partial charge in [0.05, 0.1) is 11.1 Å². The van der Waals surface area contributed by atoms with Gasteiger partial charge in [-0.2, -0.15) is 13.2 Å². The number of benzene rings is 2. The highest BCUT2D eigenvalue weighted by Gasteiger charge is 2.30. The minimum absolute atomic E-state index is 0.284. The number of rotatable bonds is 2. The molecule has 0 amide bonds. The van der Waals surface area contributed by atoms with Gasteiger partial charge in [-0.15, -0.1) is 0 Å². The lowest BCUT2D eigenvalue weighted by molar-refractivity contribution is -0.137. The van der Waals surface area contributed by atoms with Crippen LogP contribution in [-0.4, -0.2) is 48.1 Å². The van der Waals surface area contributed by atoms with Crippen molar-refractivity contribution in [2.75, 3.05) is 38.1 Å². The summed E-state index contributed by atoms with van der Waals surface area (Å²) in [6.45, 7) is 3.47. The lowest BCUT2D eigenvalue weighted by Gasteiger charge is -2.33. The van der Waals surface area contributed by atoms with E-state index in [1.807, 2.05) is 24.3 Å². The highest BCUT2D eigenvalue weighted by atomic mass is 19.4. The van der Waals surface area contributed by atoms with Crippen molar-refractivity contribution in [2.24, 2.45) is 0 Å². The van der Waals surface area contributed by atoms with Crippen LogP contribution in [0.5, 0.6) is 0 Å². The molecule has 0 spiro atoms. The van der Waals surface area contributed by atoms with Crippen molar-refractivity contribution in [3.63, 3.8) is 0 Å². The quantitative estimate of drug-likeness (QED) is 0.473. The molecule has 0 aliphatic carbocycles. The summed E-state index contributed by atoms with van der Waals surface area (Å²) in [5, 5.41) is 0.830. The van der Waals surface area contributed by atoms with E-state index in [0.717, 1.165) is 55.0 Å². The van der Waals surface area contributed by atoms with Crippen LogP contribution in [0.4, 0.5) is 19.0 Å². The lowest BCUT2D eigenvalue weighted by Crippen LogP contribution is -2.44. The third-order valence-electron chi connectivity index (χ3n) is 5.48. The molecule has 1 aliphatic heterocycles. The third kappa shape index (κ3) is 3.27. The molecule has 0 unspecified atom stereocenters. The first kappa shape index (κ1) is 18.9. The van der Waals surface area contributed by atoms with E-state index in [1.165, 1.54) is 12.1 Å². The molecule has 1 fully saturated rings. The topological polar surface area (TPSA) is 45.4 Å². The minimum Gasteiger partial charge on any atom is -0.435 e. The molecule has 154 valence electrons. The van der Waals surface area contributed by atoms with E-state index in [2.05, 4.69) is 21.8 Å². The van der Waals surface area contributed by atoms with E-state index >= 15 is 0 Å². The Morgan fingerprint density at radius 1 is 0.900 bits per heavy atom. The molecule has 0 atom stereocenters. The first-order valence-corrected chi connectivity index (χ1v) is 9.70. The highest BCUT2D eigenvalue weighted by molar-refractivity contribution is 6.06. The van der Waals surface area contributed by atoms with Crippen molar-refractivity contribution >= 4 is 27.8 Å². The molecule has 0 radical (unpaired) electrons. The standard InChI is InChI=1S/C22H19F3N4O/c1-28-10-12-29(13-11-28)20-18-19(16-4-2-3-5-17(16)26-20)30-21(27-18)14-6-8-15(9-7-14)22(23,24)25/h2-9H,10-13H2,1H3. The molecule has 1 aliphatic rings. The fraction of sp³-hybridized carbons (Fsp3) is 0.273. The van der Waals surface area contributed by atoms with Crippen molar-refractivity contribution in [2.45, 2.75) is 6.18 Å². The zero-order valence-electron chi connectivity index (χ0n) is 16.3. The molecule has 1 saturated heterocycles. The molecule has 0 N–H and O–H groups in total. The predicted octanol–water partition coefficient (Wildman–Crippen LogP) is 4.81. The van der Waals surface area contributed by atoms with Crippen molar-refractivity contribution in [1.82, 2.24) is 14.9 Å². The number of para-hydroxylation sites is 1. The van der Waals surface area contributed by atoms with Crippen LogP contribution in [0.3, 0.4) is 0 Å². The number of hydrogen-bond donors (Lipinski definition) is 0. The summed E-state index contributed by atoms with van der Waals surface area (Å²) >= 11 is 0. The van der Waals surface area contributed by atoms with Crippen molar-refractivity contribution in [3.05, 3.63) is 54.1 Å². The lowest BCUT2D eigenvalue weighted by atomic mass is 10.1. The number of anilines is 1. The maximum Gasteiger partial charge on any atom is 0.416 e. The van der Waals surface area contributed by atoms with E-state index in [0.29, 0.717) is 16.7 Å². The first-order chi connectivity index (χ1) is 14.4. The van der Waals surface area contributed by atoms with Gasteiger partial charge in [0.15, 0.2) is 16.9 Å². The first-order valence-electron chi connectivity index (χ1n) is 9.70. The Bertz CT molecular complexity index is 1210. The SMILES string of the molecule is CN1CCN(c2nc3ccccc3c3oc(-c4ccc(C(F)(F)F)cc4)nc23)CC1. The van der Waals surface area contributed by atoms with Crippen LogP contribution in [0.1, 0.15) is 5.56 Å². The largest absolute Gasteiger partial charge is 0.435 e. The number of likely N-dealkylation sites (N-methyl/N-ethyl adjacent to an activating group) is 1. The van der Waals surface area contributed by atoms with Gasteiger partial charge in [0.25, 0.3) is 0 Å². The van der Waals surface area contributed by atoms with E-state index < -0.39 is 11.7 Å². The number of hydrogen-bond acceptors (Lipinski definition) is 5. The zero-order chi connectivity index (χ0) is 20.9. The molecule has 3 heterocycles. The van der Waals surface area contributed by atoms with Gasteiger partial charge in [0, 0.05) is 37.1 Å². The van der Waals surface area contributed by atoms with Gasteiger partial charge in [-0.25, -0.2) is 9.97 Å². The summed E-state index contributed by atoms with van der Waals surface area (Å²) < 4.78 is 44.8. The van der Waals surface area contributed by atoms with Crippen LogP contribution in [0, 0.1) is 0 Å². The molecular formula is C22H19F3N4O. The molecule has 2 aromatic heterocycles. The molecule has 8 heteroatoms. The average Bonchev–Trinajstić information content (AvgIpc) is 3.19. The molecule has 0 saturated carbocycles. The highest BCUT2D eigenvalue weighted by Crippen LogP contribution is 2.36. The number of nitrogens with zero attached hydrogens (tertiary/aromatic N) is 4. The summed E-state index contributed by atoms with van der Waals surface area (Å²) in [4.78, 5) is 13.9. The van der Waals surface area contributed by atoms with Crippen LogP contribution in [0.15, 0.2) is 52.9 Å². The smallest absolute Gasteiger partial charge is 0.416 e. The average molecular weight is 412 g/mol. The summed E-state index contributed by atoms with van der Waals surface area (Å²) in [5.41, 5.74) is 1.83. The Morgan fingerprint density at radius 3 is 2.30 bits per heavy atom. The molecular weight excluding hydrogens is 393 g/mol. The maximum absolute atomic E-state index is 12.9. The van der Waals surface area contributed by atoms with Gasteiger partial charge in [-0.05, 0) is 43.4 Å². The number of alkyl halides is 3. The Labute approximate surface area is 170 Å². The molecule has 30 heavy (non-hydrogen) atoms. The van der Waals surface area contributed by atoms with Gasteiger partial charge < -0.3 is 14.2 Å². The monoisotopic (exact) mass is 412 g/mol. The molecule has 5 rings (SSSR count). The Balaban J connectivity index is 1.65. The molecule has 2 aromatic carbocycles. The number of fused-ring (bicyclic) bond motifs is 3. The molecule has 0 bridgehead atoms. The number of oxazole rings is 1. The van der Waals surface area contributed by atoms with Crippen LogP contribution in [-0.2, 0) is 6.18 Å². The van der Waals surface area contributed by atoms with Gasteiger partial charge >= 0.3 is 6.18 Å². The second-order valence-electron chi connectivity index (χ2n) is 7.51. The second kappa shape index (κ2) is 6.98. The summed E-state index contributed by atoms with van der Waals surface area (Å²) in [6, 6.07) is 12.5. The maximum atomic E-state index is 12.9. The fourth-order valence-electron chi connectivity index (χ4n) is 3.75. The van der Waals surface area contributed by atoms with Crippen LogP contribution >= 0.6 is 0 Å². The Hall–Kier alpha value is -3.13. The number of pyridine rings is 1. The van der Waals surface area contributed by atoms with Gasteiger partial charge in [0.2, 0.25) is 5.89 Å². The van der Waals surface area contributed by atoms with E-state index in [9.17, 15) is 13.2 Å². The molecule has 5 nitrogen and oxygen atoms in total. The minimum atomic E-state index is -4.38. The summed E-state index contributed by atoms with van der Waals surface area (Å²) in [7, 11) is 2.08. The second-order valence-corrected chi connectivity index (χ2v) is 7.51. The Morgan fingerprint density at radius 2 is 1.60 bits per heavy atom. The van der Waals surface area contributed by atoms with E-state index in [-0.39, 0.29) is 5.89 Å². The number of piperazine rings is 1. The van der Waals surface area contributed by atoms with Crippen molar-refractivity contribution in [1.29, 1.82) is 0 Å². The van der Waals surface area contributed by atoms with Crippen LogP contribution in [0.2, 0.25) is 0 Å². The number of aromatic nitrogens is 2.